The predicted molar refractivity (Wildman–Crippen MR) is 169 cm³/mol. The number of aromatic nitrogens is 2. The number of rotatable bonds is 7. The number of aryl methyl sites for hydroxylation is 1. The minimum absolute atomic E-state index is 0.183. The van der Waals surface area contributed by atoms with Crippen LogP contribution >= 0.6 is 0 Å². The Morgan fingerprint density at radius 3 is 1.85 bits per heavy atom. The number of nitrogens with zero attached hydrogens (tertiary/aromatic N) is 2. The number of benzene rings is 5. The van der Waals surface area contributed by atoms with Crippen molar-refractivity contribution in [1.29, 1.82) is 0 Å². The van der Waals surface area contributed by atoms with Crippen molar-refractivity contribution in [3.63, 3.8) is 0 Å². The van der Waals surface area contributed by atoms with Gasteiger partial charge in [0.15, 0.2) is 5.82 Å². The van der Waals surface area contributed by atoms with Gasteiger partial charge >= 0.3 is 0 Å². The average Bonchev–Trinajstić information content (AvgIpc) is 3.03. The quantitative estimate of drug-likeness (QED) is 0.203. The van der Waals surface area contributed by atoms with Gasteiger partial charge in [-0.1, -0.05) is 96.6 Å². The fourth-order valence-corrected chi connectivity index (χ4v) is 5.42. The van der Waals surface area contributed by atoms with E-state index in [2.05, 4.69) is 108 Å². The molecule has 0 saturated heterocycles. The highest BCUT2D eigenvalue weighted by Gasteiger charge is 2.27. The molecule has 0 aliphatic carbocycles. The van der Waals surface area contributed by atoms with Gasteiger partial charge in [0.05, 0.1) is 0 Å². The lowest BCUT2D eigenvalue weighted by atomic mass is 9.80. The van der Waals surface area contributed by atoms with Crippen LogP contribution < -0.4 is 11.5 Å². The summed E-state index contributed by atoms with van der Waals surface area (Å²) >= 11 is 0. The third kappa shape index (κ3) is 5.65. The molecule has 1 aromatic heterocycles. The maximum atomic E-state index is 7.28. The van der Waals surface area contributed by atoms with Crippen LogP contribution in [-0.2, 0) is 0 Å². The number of hydrogen-bond acceptors (Lipinski definition) is 4. The van der Waals surface area contributed by atoms with Crippen LogP contribution in [0.15, 0.2) is 140 Å². The lowest BCUT2D eigenvalue weighted by molar-refractivity contribution is 0.631. The van der Waals surface area contributed by atoms with Gasteiger partial charge in [-0.3, -0.25) is 0 Å². The molecule has 0 spiro atoms. The summed E-state index contributed by atoms with van der Waals surface area (Å²) in [6, 6.07) is 43.4. The minimum Gasteiger partial charge on any atom is -0.398 e. The summed E-state index contributed by atoms with van der Waals surface area (Å²) in [6.07, 6.45) is 3.53. The summed E-state index contributed by atoms with van der Waals surface area (Å²) in [4.78, 5) is 9.08. The van der Waals surface area contributed by atoms with Crippen molar-refractivity contribution in [1.82, 2.24) is 9.97 Å². The van der Waals surface area contributed by atoms with Gasteiger partial charge < -0.3 is 11.5 Å². The Morgan fingerprint density at radius 1 is 0.537 bits per heavy atom. The van der Waals surface area contributed by atoms with E-state index in [1.54, 1.807) is 12.4 Å². The third-order valence-electron chi connectivity index (χ3n) is 7.60. The first-order valence-electron chi connectivity index (χ1n) is 13.8. The Hall–Kier alpha value is -5.06. The Bertz CT molecular complexity index is 1690. The van der Waals surface area contributed by atoms with Crippen molar-refractivity contribution < 1.29 is 0 Å². The average molecular weight is 533 g/mol. The van der Waals surface area contributed by atoms with Crippen LogP contribution in [0.25, 0.3) is 33.6 Å². The van der Waals surface area contributed by atoms with Gasteiger partial charge in [0.25, 0.3) is 0 Å². The minimum atomic E-state index is -0.390. The second-order valence-corrected chi connectivity index (χ2v) is 10.4. The van der Waals surface area contributed by atoms with E-state index in [0.717, 1.165) is 50.2 Å². The monoisotopic (exact) mass is 532 g/mol. The number of anilines is 1. The highest BCUT2D eigenvalue weighted by atomic mass is 14.8. The zero-order valence-electron chi connectivity index (χ0n) is 23.0. The van der Waals surface area contributed by atoms with E-state index in [9.17, 15) is 0 Å². The van der Waals surface area contributed by atoms with Crippen LogP contribution in [0.1, 0.15) is 34.2 Å². The third-order valence-corrected chi connectivity index (χ3v) is 7.60. The van der Waals surface area contributed by atoms with Crippen LogP contribution in [0.5, 0.6) is 0 Å². The van der Waals surface area contributed by atoms with Gasteiger partial charge in [-0.05, 0) is 82.3 Å². The van der Waals surface area contributed by atoms with E-state index >= 15 is 0 Å². The van der Waals surface area contributed by atoms with Crippen LogP contribution in [0.4, 0.5) is 5.69 Å². The normalized spacial score (nSPS) is 12.5. The molecular formula is C37H32N4. The molecule has 6 aromatic rings. The van der Waals surface area contributed by atoms with Gasteiger partial charge in [-0.25, -0.2) is 9.97 Å². The largest absolute Gasteiger partial charge is 0.398 e. The van der Waals surface area contributed by atoms with E-state index in [4.69, 9.17) is 11.5 Å². The molecule has 6 rings (SSSR count). The van der Waals surface area contributed by atoms with Gasteiger partial charge in [0.2, 0.25) is 0 Å². The molecule has 1 unspecified atom stereocenters. The number of nitrogens with two attached hydrogens (primary N) is 2. The molecule has 0 saturated carbocycles. The molecule has 2 atom stereocenters. The van der Waals surface area contributed by atoms with E-state index in [0.29, 0.717) is 5.82 Å². The second kappa shape index (κ2) is 11.6. The molecule has 0 aliphatic heterocycles. The molecule has 4 nitrogen and oxygen atoms in total. The van der Waals surface area contributed by atoms with Crippen LogP contribution in [-0.4, -0.2) is 9.97 Å². The van der Waals surface area contributed by atoms with Crippen molar-refractivity contribution in [2.45, 2.75) is 18.9 Å². The first-order chi connectivity index (χ1) is 20.1. The van der Waals surface area contributed by atoms with Crippen molar-refractivity contribution in [3.05, 3.63) is 162 Å². The van der Waals surface area contributed by atoms with Crippen molar-refractivity contribution in [2.24, 2.45) is 5.73 Å². The topological polar surface area (TPSA) is 77.8 Å². The molecule has 0 radical (unpaired) electrons. The fourth-order valence-electron chi connectivity index (χ4n) is 5.42. The van der Waals surface area contributed by atoms with Crippen molar-refractivity contribution in [2.75, 3.05) is 5.73 Å². The Labute approximate surface area is 241 Å². The van der Waals surface area contributed by atoms with Crippen molar-refractivity contribution >= 4 is 5.69 Å². The smallest absolute Gasteiger partial charge is 0.159 e. The predicted octanol–water partition coefficient (Wildman–Crippen LogP) is 8.20. The maximum absolute atomic E-state index is 7.28. The number of hydrogen-bond donors (Lipinski definition) is 2. The van der Waals surface area contributed by atoms with Crippen LogP contribution in [0, 0.1) is 6.92 Å². The molecule has 200 valence electrons. The number of nitrogen functional groups attached to an aromatic ring is 1. The summed E-state index contributed by atoms with van der Waals surface area (Å²) < 4.78 is 0. The van der Waals surface area contributed by atoms with E-state index < -0.39 is 0 Å². The summed E-state index contributed by atoms with van der Waals surface area (Å²) in [5.74, 6) is 0.480. The molecule has 0 amide bonds. The van der Waals surface area contributed by atoms with Gasteiger partial charge in [0, 0.05) is 35.6 Å². The highest BCUT2D eigenvalue weighted by molar-refractivity contribution is 5.73. The Kier molecular flexibility index (Phi) is 7.40. The second-order valence-electron chi connectivity index (χ2n) is 10.4. The molecule has 5 aromatic carbocycles. The highest BCUT2D eigenvalue weighted by Crippen LogP contribution is 2.41. The summed E-state index contributed by atoms with van der Waals surface area (Å²) in [5.41, 5.74) is 24.4. The first-order valence-corrected chi connectivity index (χ1v) is 13.8. The van der Waals surface area contributed by atoms with E-state index in [1.807, 2.05) is 36.4 Å². The standard InChI is InChI=1S/C37H32N4/c1-25-13-15-27(16-14-25)29-17-18-34(38)33(24-29)35(28-11-6-3-7-12-28)36(39)31-21-30(26-9-4-2-5-10-26)22-32(23-31)37-40-19-8-20-41-37/h2-24,35-36H,38-39H2,1H3/t35?,36-/m0/s1. The SMILES string of the molecule is Cc1ccc(-c2ccc(N)c(C(c3ccccc3)[C@@H](N)c3cc(-c4ccccc4)cc(-c4ncccn4)c3)c2)cc1. The fraction of sp³-hybridized carbons (Fsp3) is 0.0811. The first kappa shape index (κ1) is 26.2. The maximum Gasteiger partial charge on any atom is 0.159 e. The molecule has 41 heavy (non-hydrogen) atoms. The summed E-state index contributed by atoms with van der Waals surface area (Å²) in [7, 11) is 0. The zero-order valence-corrected chi connectivity index (χ0v) is 23.0. The Balaban J connectivity index is 1.52. The molecule has 1 heterocycles. The van der Waals surface area contributed by atoms with Crippen LogP contribution in [0.3, 0.4) is 0 Å². The lowest BCUT2D eigenvalue weighted by Crippen LogP contribution is -2.22. The zero-order chi connectivity index (χ0) is 28.2. The Morgan fingerprint density at radius 2 is 1.15 bits per heavy atom. The van der Waals surface area contributed by atoms with Crippen LogP contribution in [0.2, 0.25) is 0 Å². The molecule has 4 heteroatoms. The lowest BCUT2D eigenvalue weighted by Gasteiger charge is -2.28. The summed E-state index contributed by atoms with van der Waals surface area (Å²) in [6.45, 7) is 2.10. The molecule has 0 bridgehead atoms. The van der Waals surface area contributed by atoms with E-state index in [-0.39, 0.29) is 12.0 Å². The molecule has 4 N–H and O–H groups in total. The molecule has 0 fully saturated rings. The van der Waals surface area contributed by atoms with Crippen molar-refractivity contribution in [3.8, 4) is 33.6 Å². The van der Waals surface area contributed by atoms with E-state index in [1.165, 1.54) is 5.56 Å². The molecule has 0 aliphatic rings. The van der Waals surface area contributed by atoms with Gasteiger partial charge in [0.1, 0.15) is 0 Å². The summed E-state index contributed by atoms with van der Waals surface area (Å²) in [5, 5.41) is 0. The van der Waals surface area contributed by atoms with Gasteiger partial charge in [-0.15, -0.1) is 0 Å². The van der Waals surface area contributed by atoms with Gasteiger partial charge in [-0.2, -0.15) is 0 Å². The molecular weight excluding hydrogens is 500 g/mol.